The molecule has 0 spiro atoms. The summed E-state index contributed by atoms with van der Waals surface area (Å²) in [5, 5.41) is 8.11. The standard InChI is InChI=1S/C36H39BrN8O4/c1-6-8-13-43(5)31(47)15-24-10-12-30(37)40-34(24)41-35(49)28-16-36(7-2)17-29(36)45(28)32(48)20-44-27-11-9-23(25-18-38-22(4)39-19-25)14-26(27)33(42-44)21(3)46/h7,9-12,14,18-19,28-29H,2,6,8,13,15-17,20H2,1,3-5H3,(H,40,41,49)/t28-,29+,36-/m0/s1. The molecular weight excluding hydrogens is 688 g/mol. The van der Waals surface area contributed by atoms with Gasteiger partial charge in [-0.1, -0.05) is 31.6 Å². The van der Waals surface area contributed by atoms with E-state index in [2.05, 4.69) is 54.8 Å². The topological polar surface area (TPSA) is 143 Å². The highest BCUT2D eigenvalue weighted by Crippen LogP contribution is 2.60. The summed E-state index contributed by atoms with van der Waals surface area (Å²) >= 11 is 3.38. The van der Waals surface area contributed by atoms with Gasteiger partial charge in [-0.15, -0.1) is 6.58 Å². The molecule has 4 aromatic rings. The van der Waals surface area contributed by atoms with Gasteiger partial charge in [0.05, 0.1) is 11.9 Å². The Hall–Kier alpha value is -4.78. The van der Waals surface area contributed by atoms with Gasteiger partial charge < -0.3 is 15.1 Å². The van der Waals surface area contributed by atoms with Crippen molar-refractivity contribution in [1.29, 1.82) is 0 Å². The summed E-state index contributed by atoms with van der Waals surface area (Å²) in [6.45, 7) is 9.82. The van der Waals surface area contributed by atoms with Crippen LogP contribution in [0.15, 0.2) is 60.0 Å². The second-order valence-corrected chi connectivity index (χ2v) is 13.8. The lowest BCUT2D eigenvalue weighted by Gasteiger charge is -2.27. The Morgan fingerprint density at radius 2 is 1.88 bits per heavy atom. The number of carbonyl (C=O) groups excluding carboxylic acids is 4. The van der Waals surface area contributed by atoms with Crippen molar-refractivity contribution in [2.75, 3.05) is 18.9 Å². The van der Waals surface area contributed by atoms with Gasteiger partial charge >= 0.3 is 0 Å². The summed E-state index contributed by atoms with van der Waals surface area (Å²) in [4.78, 5) is 70.1. The zero-order chi connectivity index (χ0) is 35.0. The van der Waals surface area contributed by atoms with E-state index in [-0.39, 0.29) is 59.4 Å². The third kappa shape index (κ3) is 6.76. The molecule has 1 aliphatic heterocycles. The third-order valence-corrected chi connectivity index (χ3v) is 10.0. The van der Waals surface area contributed by atoms with Gasteiger partial charge in [-0.05, 0) is 65.9 Å². The van der Waals surface area contributed by atoms with Crippen LogP contribution in [0.5, 0.6) is 0 Å². The lowest BCUT2D eigenvalue weighted by atomic mass is 9.99. The Balaban J connectivity index is 1.25. The van der Waals surface area contributed by atoms with Gasteiger partial charge in [0, 0.05) is 60.9 Å². The fourth-order valence-corrected chi connectivity index (χ4v) is 6.97. The maximum atomic E-state index is 14.1. The molecule has 1 saturated heterocycles. The molecule has 3 atom stereocenters. The first kappa shape index (κ1) is 34.1. The van der Waals surface area contributed by atoms with Crippen molar-refractivity contribution in [3.63, 3.8) is 0 Å². The van der Waals surface area contributed by atoms with Gasteiger partial charge in [-0.2, -0.15) is 5.10 Å². The molecule has 0 unspecified atom stereocenters. The SMILES string of the molecule is C=C[C@@]12C[C@@H](C(=O)Nc3nc(Br)ccc3CC(=O)N(C)CCCC)N(C(=O)Cn3nc(C(C)=O)c4cc(-c5cnc(C)nc5)ccc43)[C@@H]1C2. The third-order valence-electron chi connectivity index (χ3n) is 9.60. The van der Waals surface area contributed by atoms with Crippen molar-refractivity contribution in [3.05, 3.63) is 77.1 Å². The van der Waals surface area contributed by atoms with Crippen LogP contribution in [0.2, 0.25) is 0 Å². The number of Topliss-reactive ketones (excluding diaryl/α,β-unsaturated/α-hetero) is 1. The van der Waals surface area contributed by atoms with Crippen LogP contribution < -0.4 is 5.32 Å². The van der Waals surface area contributed by atoms with E-state index in [1.54, 1.807) is 41.4 Å². The number of pyridine rings is 1. The first-order chi connectivity index (χ1) is 23.4. The Kier molecular flexibility index (Phi) is 9.47. The van der Waals surface area contributed by atoms with Crippen LogP contribution in [0, 0.1) is 12.3 Å². The number of benzene rings is 1. The maximum absolute atomic E-state index is 14.1. The summed E-state index contributed by atoms with van der Waals surface area (Å²) in [5.74, 6) is -0.0616. The van der Waals surface area contributed by atoms with Crippen molar-refractivity contribution in [1.82, 2.24) is 34.5 Å². The molecule has 254 valence electrons. The number of nitrogens with one attached hydrogen (secondary N) is 1. The predicted molar refractivity (Wildman–Crippen MR) is 189 cm³/mol. The first-order valence-electron chi connectivity index (χ1n) is 16.4. The van der Waals surface area contributed by atoms with Crippen LogP contribution in [0.1, 0.15) is 61.4 Å². The van der Waals surface area contributed by atoms with Gasteiger partial charge in [0.15, 0.2) is 5.78 Å². The highest BCUT2D eigenvalue weighted by molar-refractivity contribution is 9.10. The molecule has 4 heterocycles. The van der Waals surface area contributed by atoms with Crippen LogP contribution in [0.25, 0.3) is 22.0 Å². The van der Waals surface area contributed by atoms with E-state index in [9.17, 15) is 19.2 Å². The van der Waals surface area contributed by atoms with E-state index in [0.29, 0.717) is 46.3 Å². The smallest absolute Gasteiger partial charge is 0.248 e. The predicted octanol–water partition coefficient (Wildman–Crippen LogP) is 5.15. The van der Waals surface area contributed by atoms with Crippen LogP contribution in [-0.2, 0) is 27.3 Å². The number of likely N-dealkylation sites (tertiary alicyclic amines) is 1. The Bertz CT molecular complexity index is 1980. The van der Waals surface area contributed by atoms with Crippen molar-refractivity contribution < 1.29 is 19.2 Å². The zero-order valence-corrected chi connectivity index (χ0v) is 29.7. The highest BCUT2D eigenvalue weighted by atomic mass is 79.9. The van der Waals surface area contributed by atoms with Crippen molar-refractivity contribution in [2.24, 2.45) is 5.41 Å². The Morgan fingerprint density at radius 1 is 1.12 bits per heavy atom. The molecule has 1 aliphatic carbocycles. The van der Waals surface area contributed by atoms with E-state index in [0.717, 1.165) is 24.0 Å². The van der Waals surface area contributed by atoms with Gasteiger partial charge in [-0.25, -0.2) is 15.0 Å². The van der Waals surface area contributed by atoms with E-state index in [4.69, 9.17) is 0 Å². The van der Waals surface area contributed by atoms with Gasteiger partial charge in [0.25, 0.3) is 0 Å². The molecule has 49 heavy (non-hydrogen) atoms. The summed E-state index contributed by atoms with van der Waals surface area (Å²) in [7, 11) is 1.77. The number of piperidine rings is 1. The summed E-state index contributed by atoms with van der Waals surface area (Å²) < 4.78 is 2.04. The number of likely N-dealkylation sites (N-methyl/N-ethyl adjacent to an activating group) is 1. The van der Waals surface area contributed by atoms with Crippen molar-refractivity contribution >= 4 is 56.2 Å². The minimum atomic E-state index is -0.789. The molecule has 12 nitrogen and oxygen atoms in total. The Morgan fingerprint density at radius 3 is 2.57 bits per heavy atom. The number of unbranched alkanes of at least 4 members (excludes halogenated alkanes) is 1. The van der Waals surface area contributed by atoms with E-state index in [1.807, 2.05) is 31.2 Å². The molecule has 3 amide bonds. The molecule has 1 N–H and O–H groups in total. The molecule has 2 aliphatic rings. The molecule has 6 rings (SSSR count). The minimum absolute atomic E-state index is 0.0755. The fraction of sp³-hybridized carbons (Fsp3) is 0.389. The van der Waals surface area contributed by atoms with E-state index in [1.165, 1.54) is 11.6 Å². The number of aryl methyl sites for hydroxylation is 1. The number of carbonyl (C=O) groups is 4. The number of anilines is 1. The summed E-state index contributed by atoms with van der Waals surface area (Å²) in [6, 6.07) is 8.11. The lowest BCUT2D eigenvalue weighted by molar-refractivity contribution is -0.138. The molecule has 3 aromatic heterocycles. The number of hydrogen-bond acceptors (Lipinski definition) is 8. The quantitative estimate of drug-likeness (QED) is 0.120. The van der Waals surface area contributed by atoms with Crippen molar-refractivity contribution in [2.45, 2.75) is 71.5 Å². The average molecular weight is 728 g/mol. The number of fused-ring (bicyclic) bond motifs is 2. The van der Waals surface area contributed by atoms with Gasteiger partial charge in [0.1, 0.15) is 34.5 Å². The molecular formula is C36H39BrN8O4. The molecule has 1 aromatic carbocycles. The van der Waals surface area contributed by atoms with Crippen LogP contribution in [0.4, 0.5) is 5.82 Å². The second kappa shape index (κ2) is 13.6. The summed E-state index contributed by atoms with van der Waals surface area (Å²) in [6.07, 6.45) is 8.37. The highest BCUT2D eigenvalue weighted by Gasteiger charge is 2.65. The normalized spacial score (nSPS) is 19.4. The average Bonchev–Trinajstić information content (AvgIpc) is 3.51. The summed E-state index contributed by atoms with van der Waals surface area (Å²) in [5.41, 5.74) is 2.72. The monoisotopic (exact) mass is 726 g/mol. The number of hydrogen-bond donors (Lipinski definition) is 1. The Labute approximate surface area is 293 Å². The zero-order valence-electron chi connectivity index (χ0n) is 28.1. The number of amides is 3. The van der Waals surface area contributed by atoms with Gasteiger partial charge in [0.2, 0.25) is 17.7 Å². The van der Waals surface area contributed by atoms with Crippen LogP contribution in [-0.4, -0.2) is 83.7 Å². The number of aromatic nitrogens is 5. The van der Waals surface area contributed by atoms with E-state index >= 15 is 0 Å². The minimum Gasteiger partial charge on any atom is -0.345 e. The van der Waals surface area contributed by atoms with Crippen LogP contribution >= 0.6 is 15.9 Å². The lowest BCUT2D eigenvalue weighted by Crippen LogP contribution is -2.47. The maximum Gasteiger partial charge on any atom is 0.248 e. The van der Waals surface area contributed by atoms with Crippen molar-refractivity contribution in [3.8, 4) is 11.1 Å². The molecule has 2 fully saturated rings. The first-order valence-corrected chi connectivity index (χ1v) is 17.2. The molecule has 0 radical (unpaired) electrons. The number of halogens is 1. The molecule has 0 bridgehead atoms. The number of nitrogens with zero attached hydrogens (tertiary/aromatic N) is 7. The fourth-order valence-electron chi connectivity index (χ4n) is 6.66. The number of ketones is 1. The largest absolute Gasteiger partial charge is 0.345 e. The van der Waals surface area contributed by atoms with Gasteiger partial charge in [-0.3, -0.25) is 23.9 Å². The second-order valence-electron chi connectivity index (χ2n) is 13.0. The molecule has 13 heteroatoms. The molecule has 1 saturated carbocycles. The van der Waals surface area contributed by atoms with E-state index < -0.39 is 6.04 Å². The number of rotatable bonds is 12. The van der Waals surface area contributed by atoms with Crippen LogP contribution in [0.3, 0.4) is 0 Å².